The number of fused-ring (bicyclic) bond motifs is 1. The Morgan fingerprint density at radius 2 is 2.21 bits per heavy atom. The molecular weight excluding hydrogens is 242 g/mol. The zero-order valence-electron chi connectivity index (χ0n) is 10.7. The number of carbonyl (C=O) groups excluding carboxylic acids is 2. The van der Waals surface area contributed by atoms with Crippen LogP contribution >= 0.6 is 0 Å². The van der Waals surface area contributed by atoms with Gasteiger partial charge in [-0.25, -0.2) is 0 Å². The molecule has 1 aromatic rings. The lowest BCUT2D eigenvalue weighted by molar-refractivity contribution is -0.118. The number of benzene rings is 1. The number of amides is 2. The first-order valence-corrected chi connectivity index (χ1v) is 6.69. The predicted octanol–water partition coefficient (Wildman–Crippen LogP) is 1.26. The van der Waals surface area contributed by atoms with Crippen molar-refractivity contribution in [3.05, 3.63) is 23.8 Å². The van der Waals surface area contributed by atoms with Crippen molar-refractivity contribution in [2.45, 2.75) is 31.7 Å². The third-order valence-corrected chi connectivity index (χ3v) is 3.65. The lowest BCUT2D eigenvalue weighted by Gasteiger charge is -2.18. The highest BCUT2D eigenvalue weighted by atomic mass is 16.2. The van der Waals surface area contributed by atoms with Gasteiger partial charge in [0, 0.05) is 17.8 Å². The molecule has 19 heavy (non-hydrogen) atoms. The summed E-state index contributed by atoms with van der Waals surface area (Å²) in [5.41, 5.74) is 2.73. The third-order valence-electron chi connectivity index (χ3n) is 3.65. The van der Waals surface area contributed by atoms with Crippen LogP contribution in [0.25, 0.3) is 0 Å². The molecule has 1 fully saturated rings. The molecular formula is C14H17N3O2. The van der Waals surface area contributed by atoms with E-state index in [1.165, 1.54) is 0 Å². The summed E-state index contributed by atoms with van der Waals surface area (Å²) in [6, 6.07) is 5.55. The van der Waals surface area contributed by atoms with Crippen LogP contribution in [-0.4, -0.2) is 24.4 Å². The molecule has 3 N–H and O–H groups in total. The molecule has 0 bridgehead atoms. The van der Waals surface area contributed by atoms with E-state index in [1.807, 2.05) is 18.2 Å². The molecule has 100 valence electrons. The van der Waals surface area contributed by atoms with E-state index in [-0.39, 0.29) is 17.9 Å². The molecule has 1 atom stereocenters. The van der Waals surface area contributed by atoms with Crippen LogP contribution in [0.5, 0.6) is 0 Å². The molecule has 2 aliphatic heterocycles. The highest BCUT2D eigenvalue weighted by molar-refractivity contribution is 5.97. The molecule has 0 spiro atoms. The molecule has 0 aromatic heterocycles. The normalized spacial score (nSPS) is 21.7. The van der Waals surface area contributed by atoms with E-state index < -0.39 is 0 Å². The maximum absolute atomic E-state index is 12.0. The highest BCUT2D eigenvalue weighted by Gasteiger charge is 2.22. The number of rotatable bonds is 2. The Labute approximate surface area is 111 Å². The molecule has 2 heterocycles. The Hall–Kier alpha value is -1.88. The molecule has 0 saturated carbocycles. The van der Waals surface area contributed by atoms with Crippen molar-refractivity contribution in [3.63, 3.8) is 0 Å². The van der Waals surface area contributed by atoms with Crippen molar-refractivity contribution in [1.29, 1.82) is 0 Å². The van der Waals surface area contributed by atoms with Gasteiger partial charge in [-0.05, 0) is 49.6 Å². The summed E-state index contributed by atoms with van der Waals surface area (Å²) >= 11 is 0. The van der Waals surface area contributed by atoms with Gasteiger partial charge < -0.3 is 16.0 Å². The summed E-state index contributed by atoms with van der Waals surface area (Å²) in [5.74, 6) is 0.0803. The second kappa shape index (κ2) is 5.01. The highest BCUT2D eigenvalue weighted by Crippen LogP contribution is 2.25. The number of carbonyl (C=O) groups is 2. The Kier molecular flexibility index (Phi) is 3.21. The predicted molar refractivity (Wildman–Crippen MR) is 73.0 cm³/mol. The van der Waals surface area contributed by atoms with Gasteiger partial charge in [-0.2, -0.15) is 0 Å². The average molecular weight is 259 g/mol. The lowest BCUT2D eigenvalue weighted by atomic mass is 10.0. The largest absolute Gasteiger partial charge is 0.326 e. The molecule has 3 rings (SSSR count). The topological polar surface area (TPSA) is 70.2 Å². The molecule has 0 aliphatic carbocycles. The van der Waals surface area contributed by atoms with E-state index in [1.54, 1.807) is 0 Å². The van der Waals surface area contributed by atoms with Gasteiger partial charge in [-0.3, -0.25) is 9.59 Å². The van der Waals surface area contributed by atoms with E-state index in [9.17, 15) is 9.59 Å². The van der Waals surface area contributed by atoms with Gasteiger partial charge >= 0.3 is 0 Å². The Morgan fingerprint density at radius 1 is 1.32 bits per heavy atom. The van der Waals surface area contributed by atoms with Crippen LogP contribution in [-0.2, 0) is 16.0 Å². The van der Waals surface area contributed by atoms with E-state index in [2.05, 4.69) is 16.0 Å². The van der Waals surface area contributed by atoms with Crippen molar-refractivity contribution in [2.75, 3.05) is 17.2 Å². The van der Waals surface area contributed by atoms with Gasteiger partial charge in [0.05, 0.1) is 6.04 Å². The fourth-order valence-electron chi connectivity index (χ4n) is 2.60. The number of nitrogens with one attached hydrogen (secondary N) is 3. The maximum Gasteiger partial charge on any atom is 0.241 e. The fourth-order valence-corrected chi connectivity index (χ4v) is 2.60. The summed E-state index contributed by atoms with van der Waals surface area (Å²) < 4.78 is 0. The Bertz CT molecular complexity index is 521. The smallest absolute Gasteiger partial charge is 0.241 e. The fraction of sp³-hybridized carbons (Fsp3) is 0.429. The Balaban J connectivity index is 1.71. The van der Waals surface area contributed by atoms with Gasteiger partial charge in [0.1, 0.15) is 0 Å². The van der Waals surface area contributed by atoms with Crippen LogP contribution in [0, 0.1) is 0 Å². The van der Waals surface area contributed by atoms with E-state index >= 15 is 0 Å². The average Bonchev–Trinajstić information content (AvgIpc) is 2.93. The number of hydrogen-bond acceptors (Lipinski definition) is 3. The number of hydrogen-bond donors (Lipinski definition) is 3. The quantitative estimate of drug-likeness (QED) is 0.749. The summed E-state index contributed by atoms with van der Waals surface area (Å²) in [4.78, 5) is 23.3. The first kappa shape index (κ1) is 12.2. The zero-order chi connectivity index (χ0) is 13.2. The van der Waals surface area contributed by atoms with Crippen molar-refractivity contribution < 1.29 is 9.59 Å². The van der Waals surface area contributed by atoms with Gasteiger partial charge in [-0.1, -0.05) is 0 Å². The van der Waals surface area contributed by atoms with Crippen molar-refractivity contribution in [2.24, 2.45) is 0 Å². The molecule has 5 heteroatoms. The van der Waals surface area contributed by atoms with E-state index in [4.69, 9.17) is 0 Å². The molecule has 1 aromatic carbocycles. The third kappa shape index (κ3) is 2.61. The van der Waals surface area contributed by atoms with Gasteiger partial charge in [0.2, 0.25) is 11.8 Å². The van der Waals surface area contributed by atoms with Gasteiger partial charge in [0.15, 0.2) is 0 Å². The minimum Gasteiger partial charge on any atom is -0.326 e. The second-order valence-corrected chi connectivity index (χ2v) is 5.06. The zero-order valence-corrected chi connectivity index (χ0v) is 10.7. The lowest BCUT2D eigenvalue weighted by Crippen LogP contribution is -2.35. The maximum atomic E-state index is 12.0. The number of aryl methyl sites for hydroxylation is 1. The summed E-state index contributed by atoms with van der Waals surface area (Å²) in [6.07, 6.45) is 3.18. The van der Waals surface area contributed by atoms with Gasteiger partial charge in [-0.15, -0.1) is 0 Å². The van der Waals surface area contributed by atoms with Crippen LogP contribution in [0.2, 0.25) is 0 Å². The first-order valence-electron chi connectivity index (χ1n) is 6.69. The van der Waals surface area contributed by atoms with Crippen LogP contribution in [0.3, 0.4) is 0 Å². The van der Waals surface area contributed by atoms with Crippen LogP contribution in [0.15, 0.2) is 18.2 Å². The minimum atomic E-state index is -0.0734. The monoisotopic (exact) mass is 259 g/mol. The Morgan fingerprint density at radius 3 is 3.00 bits per heavy atom. The standard InChI is InChI=1S/C14H17N3O2/c18-13-6-3-9-8-10(4-5-11(9)17-13)16-14(19)12-2-1-7-15-12/h4-5,8,12,15H,1-3,6-7H2,(H,16,19)(H,17,18). The SMILES string of the molecule is O=C1CCc2cc(NC(=O)C3CCCN3)ccc2N1. The van der Waals surface area contributed by atoms with Crippen molar-refractivity contribution >= 4 is 23.2 Å². The number of anilines is 2. The summed E-state index contributed by atoms with van der Waals surface area (Å²) in [6.45, 7) is 0.911. The molecule has 1 unspecified atom stereocenters. The molecule has 0 radical (unpaired) electrons. The van der Waals surface area contributed by atoms with E-state index in [0.717, 1.165) is 42.7 Å². The van der Waals surface area contributed by atoms with Crippen LogP contribution in [0.1, 0.15) is 24.8 Å². The molecule has 1 saturated heterocycles. The van der Waals surface area contributed by atoms with Crippen LogP contribution < -0.4 is 16.0 Å². The van der Waals surface area contributed by atoms with Gasteiger partial charge in [0.25, 0.3) is 0 Å². The summed E-state index contributed by atoms with van der Waals surface area (Å²) in [5, 5.41) is 8.94. The summed E-state index contributed by atoms with van der Waals surface area (Å²) in [7, 11) is 0. The molecule has 5 nitrogen and oxygen atoms in total. The van der Waals surface area contributed by atoms with Crippen molar-refractivity contribution in [1.82, 2.24) is 5.32 Å². The molecule has 2 amide bonds. The first-order chi connectivity index (χ1) is 9.22. The second-order valence-electron chi connectivity index (χ2n) is 5.06. The minimum absolute atomic E-state index is 0.0253. The van der Waals surface area contributed by atoms with E-state index in [0.29, 0.717) is 6.42 Å². The van der Waals surface area contributed by atoms with Crippen LogP contribution in [0.4, 0.5) is 11.4 Å². The van der Waals surface area contributed by atoms with Crippen molar-refractivity contribution in [3.8, 4) is 0 Å². The molecule has 2 aliphatic rings.